The smallest absolute Gasteiger partial charge is 0.341 e. The molecule has 3 aromatic rings. The highest BCUT2D eigenvalue weighted by molar-refractivity contribution is 14.1. The average molecular weight is 693 g/mol. The molecule has 0 amide bonds. The van der Waals surface area contributed by atoms with Gasteiger partial charge in [-0.3, -0.25) is 9.36 Å². The van der Waals surface area contributed by atoms with E-state index in [2.05, 4.69) is 4.99 Å². The predicted octanol–water partition coefficient (Wildman–Crippen LogP) is 3.66. The average Bonchev–Trinajstić information content (AvgIpc) is 3.21. The highest BCUT2D eigenvalue weighted by Crippen LogP contribution is 2.35. The Labute approximate surface area is 253 Å². The molecule has 1 aliphatic heterocycles. The van der Waals surface area contributed by atoms with Crippen LogP contribution >= 0.6 is 33.9 Å². The first-order valence-corrected chi connectivity index (χ1v) is 14.6. The van der Waals surface area contributed by atoms with Crippen molar-refractivity contribution in [3.05, 3.63) is 82.1 Å². The zero-order valence-electron chi connectivity index (χ0n) is 23.1. The number of aliphatic carboxylic acids is 1. The lowest BCUT2D eigenvalue weighted by atomic mass is 9.96. The summed E-state index contributed by atoms with van der Waals surface area (Å²) < 4.78 is 24.5. The van der Waals surface area contributed by atoms with Crippen molar-refractivity contribution in [2.75, 3.05) is 20.3 Å². The molecule has 0 unspecified atom stereocenters. The molecule has 2 heterocycles. The first-order valence-electron chi connectivity index (χ1n) is 12.7. The van der Waals surface area contributed by atoms with Gasteiger partial charge in [-0.05, 0) is 91.8 Å². The normalized spacial score (nSPS) is 14.9. The van der Waals surface area contributed by atoms with Gasteiger partial charge in [0, 0.05) is 0 Å². The van der Waals surface area contributed by atoms with Crippen LogP contribution in [0.25, 0.3) is 6.08 Å². The number of aromatic nitrogens is 1. The second-order valence-electron chi connectivity index (χ2n) is 9.25. The van der Waals surface area contributed by atoms with Gasteiger partial charge in [-0.2, -0.15) is 0 Å². The summed E-state index contributed by atoms with van der Waals surface area (Å²) in [6, 6.07) is 9.94. The molecule has 41 heavy (non-hydrogen) atoms. The molecule has 0 aliphatic carbocycles. The molecule has 12 heteroatoms. The highest BCUT2D eigenvalue weighted by Gasteiger charge is 2.33. The fourth-order valence-electron chi connectivity index (χ4n) is 4.34. The SMILES string of the molecule is CCOc1ccc([C@@H]2C(C(=O)OC(C)C)=C(C)N=c3s/c(=C/c4cc(I)c(OCC(=O)O)c(OC)c4)c(=O)n32)cc1. The van der Waals surface area contributed by atoms with E-state index in [0.29, 0.717) is 53.6 Å². The molecule has 0 fully saturated rings. The number of rotatable bonds is 10. The second-order valence-corrected chi connectivity index (χ2v) is 11.4. The van der Waals surface area contributed by atoms with Gasteiger partial charge < -0.3 is 24.1 Å². The van der Waals surface area contributed by atoms with E-state index in [0.717, 1.165) is 0 Å². The molecule has 216 valence electrons. The quantitative estimate of drug-likeness (QED) is 0.252. The fraction of sp³-hybridized carbons (Fsp3) is 0.310. The van der Waals surface area contributed by atoms with Crippen molar-refractivity contribution in [1.82, 2.24) is 4.57 Å². The molecular formula is C29H29IN2O8S. The number of methoxy groups -OCH3 is 1. The maximum atomic E-state index is 13.9. The van der Waals surface area contributed by atoms with Crippen LogP contribution < -0.4 is 29.1 Å². The molecule has 1 N–H and O–H groups in total. The monoisotopic (exact) mass is 692 g/mol. The van der Waals surface area contributed by atoms with Crippen LogP contribution in [0.2, 0.25) is 0 Å². The van der Waals surface area contributed by atoms with Crippen molar-refractivity contribution < 1.29 is 33.6 Å². The number of benzene rings is 2. The summed E-state index contributed by atoms with van der Waals surface area (Å²) in [6.07, 6.45) is 1.35. The highest BCUT2D eigenvalue weighted by atomic mass is 127. The Morgan fingerprint density at radius 2 is 1.90 bits per heavy atom. The van der Waals surface area contributed by atoms with E-state index in [-0.39, 0.29) is 17.2 Å². The summed E-state index contributed by atoms with van der Waals surface area (Å²) in [4.78, 5) is 43.2. The molecule has 1 aromatic heterocycles. The van der Waals surface area contributed by atoms with Crippen molar-refractivity contribution in [1.29, 1.82) is 0 Å². The Kier molecular flexibility index (Phi) is 9.53. The number of halogens is 1. The number of hydrogen-bond donors (Lipinski definition) is 1. The number of fused-ring (bicyclic) bond motifs is 1. The minimum atomic E-state index is -1.11. The number of allylic oxidation sites excluding steroid dienone is 1. The van der Waals surface area contributed by atoms with E-state index in [1.807, 2.05) is 41.6 Å². The van der Waals surface area contributed by atoms with Gasteiger partial charge in [-0.1, -0.05) is 23.5 Å². The standard InChI is InChI=1S/C29H29IN2O8S/c1-6-38-19-9-7-18(8-10-19)25-24(28(36)40-15(2)3)16(4)31-29-32(25)27(35)22(41-29)13-17-11-20(30)26(21(12-17)37-5)39-14-23(33)34/h7-13,15,25H,6,14H2,1-5H3,(H,33,34)/b22-13+/t25-/m1/s1. The second kappa shape index (κ2) is 12.9. The van der Waals surface area contributed by atoms with Crippen molar-refractivity contribution in [3.63, 3.8) is 0 Å². The van der Waals surface area contributed by atoms with E-state index in [1.54, 1.807) is 51.1 Å². The van der Waals surface area contributed by atoms with Gasteiger partial charge >= 0.3 is 11.9 Å². The largest absolute Gasteiger partial charge is 0.494 e. The van der Waals surface area contributed by atoms with Crippen LogP contribution in [0.4, 0.5) is 0 Å². The maximum Gasteiger partial charge on any atom is 0.341 e. The van der Waals surface area contributed by atoms with Gasteiger partial charge in [-0.25, -0.2) is 14.6 Å². The first-order chi connectivity index (χ1) is 19.5. The third-order valence-corrected chi connectivity index (χ3v) is 7.76. The Bertz CT molecular complexity index is 1690. The molecule has 1 aliphatic rings. The molecule has 4 rings (SSSR count). The van der Waals surface area contributed by atoms with Gasteiger partial charge in [0.15, 0.2) is 22.9 Å². The summed E-state index contributed by atoms with van der Waals surface area (Å²) in [6.45, 7) is 7.15. The van der Waals surface area contributed by atoms with Crippen LogP contribution in [-0.2, 0) is 14.3 Å². The van der Waals surface area contributed by atoms with Crippen LogP contribution in [0, 0.1) is 3.57 Å². The first kappa shape index (κ1) is 30.3. The number of ether oxygens (including phenoxy) is 4. The number of nitrogens with zero attached hydrogens (tertiary/aromatic N) is 2. The maximum absolute atomic E-state index is 13.9. The van der Waals surface area contributed by atoms with Crippen molar-refractivity contribution >= 4 is 51.9 Å². The molecule has 2 aromatic carbocycles. The minimum Gasteiger partial charge on any atom is -0.494 e. The topological polar surface area (TPSA) is 126 Å². The van der Waals surface area contributed by atoms with Crippen LogP contribution in [0.3, 0.4) is 0 Å². The fourth-order valence-corrected chi connectivity index (χ4v) is 6.16. The number of carboxylic acid groups (broad SMARTS) is 1. The lowest BCUT2D eigenvalue weighted by Gasteiger charge is -2.25. The number of thiazole rings is 1. The van der Waals surface area contributed by atoms with Gasteiger partial charge in [0.25, 0.3) is 5.56 Å². The summed E-state index contributed by atoms with van der Waals surface area (Å²) in [5.74, 6) is -0.338. The van der Waals surface area contributed by atoms with Gasteiger partial charge in [0.05, 0.1) is 45.2 Å². The van der Waals surface area contributed by atoms with Crippen molar-refractivity contribution in [2.45, 2.75) is 39.8 Å². The van der Waals surface area contributed by atoms with E-state index in [1.165, 1.54) is 23.0 Å². The summed E-state index contributed by atoms with van der Waals surface area (Å²) in [5.41, 5.74) is 1.79. The lowest BCUT2D eigenvalue weighted by molar-refractivity contribution is -0.143. The molecule has 10 nitrogen and oxygen atoms in total. The molecule has 1 atom stereocenters. The molecule has 0 radical (unpaired) electrons. The van der Waals surface area contributed by atoms with Gasteiger partial charge in [-0.15, -0.1) is 0 Å². The summed E-state index contributed by atoms with van der Waals surface area (Å²) in [7, 11) is 1.45. The lowest BCUT2D eigenvalue weighted by Crippen LogP contribution is -2.40. The molecule has 0 bridgehead atoms. The Hall–Kier alpha value is -3.65. The van der Waals surface area contributed by atoms with E-state index in [4.69, 9.17) is 24.1 Å². The zero-order valence-corrected chi connectivity index (χ0v) is 26.1. The van der Waals surface area contributed by atoms with Crippen LogP contribution in [0.1, 0.15) is 44.9 Å². The predicted molar refractivity (Wildman–Crippen MR) is 161 cm³/mol. The summed E-state index contributed by atoms with van der Waals surface area (Å²) in [5, 5.41) is 8.99. The Morgan fingerprint density at radius 3 is 2.51 bits per heavy atom. The number of carboxylic acids is 1. The van der Waals surface area contributed by atoms with Crippen LogP contribution in [0.15, 0.2) is 57.5 Å². The Morgan fingerprint density at radius 1 is 1.20 bits per heavy atom. The molecule has 0 saturated carbocycles. The third kappa shape index (κ3) is 6.64. The zero-order chi connectivity index (χ0) is 29.8. The minimum absolute atomic E-state index is 0.290. The third-order valence-electron chi connectivity index (χ3n) is 5.98. The number of carbonyl (C=O) groups is 2. The van der Waals surface area contributed by atoms with Gasteiger partial charge in [0.1, 0.15) is 5.75 Å². The molecular weight excluding hydrogens is 663 g/mol. The van der Waals surface area contributed by atoms with Crippen LogP contribution in [0.5, 0.6) is 17.2 Å². The van der Waals surface area contributed by atoms with Gasteiger partial charge in [0.2, 0.25) is 0 Å². The Balaban J connectivity index is 1.87. The van der Waals surface area contributed by atoms with E-state index in [9.17, 15) is 14.4 Å². The van der Waals surface area contributed by atoms with E-state index >= 15 is 0 Å². The molecule has 0 saturated heterocycles. The molecule has 0 spiro atoms. The number of carbonyl (C=O) groups excluding carboxylic acids is 1. The van der Waals surface area contributed by atoms with Crippen molar-refractivity contribution in [3.8, 4) is 17.2 Å². The summed E-state index contributed by atoms with van der Waals surface area (Å²) >= 11 is 3.23. The van der Waals surface area contributed by atoms with Crippen molar-refractivity contribution in [2.24, 2.45) is 4.99 Å². The number of esters is 1. The van der Waals surface area contributed by atoms with E-state index < -0.39 is 24.6 Å². The van der Waals surface area contributed by atoms with Crippen LogP contribution in [-0.4, -0.2) is 48.0 Å². The number of hydrogen-bond acceptors (Lipinski definition) is 9.